The molecule has 208 valence electrons. The number of hydroxylamine groups is 2. The Labute approximate surface area is 234 Å². The van der Waals surface area contributed by atoms with Gasteiger partial charge in [-0.05, 0) is 40.3 Å². The average molecular weight is 543 g/mol. The Kier molecular flexibility index (Phi) is 8.66. The fraction of sp³-hybridized carbons (Fsp3) is 0.323. The number of nitrogens with one attached hydrogen (secondary N) is 1. The second-order valence-electron chi connectivity index (χ2n) is 9.93. The lowest BCUT2D eigenvalue weighted by molar-refractivity contribution is -0.372. The van der Waals surface area contributed by atoms with Crippen LogP contribution in [-0.4, -0.2) is 33.9 Å². The van der Waals surface area contributed by atoms with Crippen LogP contribution in [0.15, 0.2) is 95.8 Å². The topological polar surface area (TPSA) is 99.0 Å². The van der Waals surface area contributed by atoms with E-state index in [0.29, 0.717) is 6.54 Å². The SMILES string of the molecule is CCNC(=O)C1N(OCc2ccccc2)OC(c2ccccc2C(C)C)C1(OCc1ccccc1)c1ncon1. The van der Waals surface area contributed by atoms with Gasteiger partial charge in [-0.1, -0.05) is 104 Å². The average Bonchev–Trinajstić information content (AvgIpc) is 3.63. The van der Waals surface area contributed by atoms with Gasteiger partial charge in [0.15, 0.2) is 11.6 Å². The van der Waals surface area contributed by atoms with Gasteiger partial charge >= 0.3 is 0 Å². The minimum atomic E-state index is -1.52. The van der Waals surface area contributed by atoms with E-state index in [2.05, 4.69) is 35.4 Å². The van der Waals surface area contributed by atoms with E-state index in [0.717, 1.165) is 22.3 Å². The zero-order valence-electron chi connectivity index (χ0n) is 22.9. The summed E-state index contributed by atoms with van der Waals surface area (Å²) in [6.45, 7) is 6.82. The molecular formula is C31H34N4O5. The fourth-order valence-electron chi connectivity index (χ4n) is 5.06. The molecule has 1 aliphatic rings. The van der Waals surface area contributed by atoms with E-state index in [9.17, 15) is 4.79 Å². The maximum absolute atomic E-state index is 13.9. The van der Waals surface area contributed by atoms with Crippen molar-refractivity contribution < 1.29 is 23.7 Å². The Morgan fingerprint density at radius 2 is 1.62 bits per heavy atom. The molecule has 40 heavy (non-hydrogen) atoms. The van der Waals surface area contributed by atoms with Crippen LogP contribution in [0.4, 0.5) is 0 Å². The van der Waals surface area contributed by atoms with Crippen molar-refractivity contribution in [3.05, 3.63) is 119 Å². The first-order chi connectivity index (χ1) is 19.5. The highest BCUT2D eigenvalue weighted by Crippen LogP contribution is 2.52. The standard InChI is InChI=1S/C31H34N4O5/c1-4-32-29(36)27-31(30-33-21-38-34-30,37-19-23-13-7-5-8-14-23)28(26-18-12-11-17-25(26)22(2)3)40-35(27)39-20-24-15-9-6-10-16-24/h5-18,21-22,27-28H,4,19-20H2,1-3H3,(H,32,36). The van der Waals surface area contributed by atoms with Crippen molar-refractivity contribution in [2.75, 3.05) is 6.54 Å². The monoisotopic (exact) mass is 542 g/mol. The molecule has 1 fully saturated rings. The summed E-state index contributed by atoms with van der Waals surface area (Å²) in [7, 11) is 0. The Hall–Kier alpha value is -3.89. The molecule has 3 unspecified atom stereocenters. The van der Waals surface area contributed by atoms with E-state index >= 15 is 0 Å². The van der Waals surface area contributed by atoms with E-state index in [4.69, 9.17) is 18.9 Å². The van der Waals surface area contributed by atoms with Crippen molar-refractivity contribution in [2.45, 2.75) is 57.6 Å². The van der Waals surface area contributed by atoms with Crippen LogP contribution in [0.5, 0.6) is 0 Å². The van der Waals surface area contributed by atoms with Crippen LogP contribution < -0.4 is 5.32 Å². The molecule has 9 nitrogen and oxygen atoms in total. The molecule has 0 spiro atoms. The zero-order chi connectivity index (χ0) is 28.0. The number of ether oxygens (including phenoxy) is 1. The summed E-state index contributed by atoms with van der Waals surface area (Å²) in [4.78, 5) is 31.1. The van der Waals surface area contributed by atoms with Gasteiger partial charge in [0.1, 0.15) is 6.10 Å². The molecule has 1 N–H and O–H groups in total. The Morgan fingerprint density at radius 3 is 2.25 bits per heavy atom. The molecule has 1 amide bonds. The first kappa shape index (κ1) is 27.7. The molecule has 2 heterocycles. The molecule has 3 aromatic carbocycles. The van der Waals surface area contributed by atoms with E-state index in [1.165, 1.54) is 11.6 Å². The molecule has 1 aliphatic heterocycles. The minimum absolute atomic E-state index is 0.166. The van der Waals surface area contributed by atoms with Crippen molar-refractivity contribution in [2.24, 2.45) is 0 Å². The van der Waals surface area contributed by atoms with Crippen molar-refractivity contribution in [3.63, 3.8) is 0 Å². The van der Waals surface area contributed by atoms with E-state index in [1.807, 2.05) is 85.8 Å². The lowest BCUT2D eigenvalue weighted by Crippen LogP contribution is -2.55. The molecule has 0 bridgehead atoms. The third kappa shape index (κ3) is 5.55. The van der Waals surface area contributed by atoms with Gasteiger partial charge in [0.25, 0.3) is 0 Å². The van der Waals surface area contributed by atoms with Gasteiger partial charge in [-0.2, -0.15) is 4.98 Å². The van der Waals surface area contributed by atoms with Gasteiger partial charge in [0.05, 0.1) is 13.2 Å². The molecule has 0 saturated carbocycles. The third-order valence-electron chi connectivity index (χ3n) is 6.95. The summed E-state index contributed by atoms with van der Waals surface area (Å²) in [5.74, 6) is 0.00565. The number of benzene rings is 3. The summed E-state index contributed by atoms with van der Waals surface area (Å²) in [5, 5.41) is 8.41. The van der Waals surface area contributed by atoms with Gasteiger partial charge in [-0.15, -0.1) is 0 Å². The van der Waals surface area contributed by atoms with Gasteiger partial charge in [0.2, 0.25) is 18.1 Å². The first-order valence-electron chi connectivity index (χ1n) is 13.5. The Balaban J connectivity index is 1.66. The highest BCUT2D eigenvalue weighted by molar-refractivity contribution is 5.83. The first-order valence-corrected chi connectivity index (χ1v) is 13.5. The number of likely N-dealkylation sites (N-methyl/N-ethyl adjacent to an activating group) is 1. The van der Waals surface area contributed by atoms with Crippen molar-refractivity contribution in [1.29, 1.82) is 0 Å². The predicted molar refractivity (Wildman–Crippen MR) is 147 cm³/mol. The Bertz CT molecular complexity index is 1370. The quantitative estimate of drug-likeness (QED) is 0.275. The maximum atomic E-state index is 13.9. The summed E-state index contributed by atoms with van der Waals surface area (Å²) in [5.41, 5.74) is 2.20. The number of aromatic nitrogens is 2. The van der Waals surface area contributed by atoms with Crippen LogP contribution in [0.3, 0.4) is 0 Å². The van der Waals surface area contributed by atoms with Gasteiger partial charge in [0, 0.05) is 6.54 Å². The predicted octanol–water partition coefficient (Wildman–Crippen LogP) is 5.23. The van der Waals surface area contributed by atoms with E-state index < -0.39 is 17.7 Å². The van der Waals surface area contributed by atoms with Crippen molar-refractivity contribution in [1.82, 2.24) is 20.7 Å². The maximum Gasteiger partial charge on any atom is 0.246 e. The molecule has 9 heteroatoms. The largest absolute Gasteiger partial charge is 0.357 e. The van der Waals surface area contributed by atoms with Crippen molar-refractivity contribution in [3.8, 4) is 0 Å². The highest BCUT2D eigenvalue weighted by Gasteiger charge is 2.65. The summed E-state index contributed by atoms with van der Waals surface area (Å²) in [6, 6.07) is 26.3. The van der Waals surface area contributed by atoms with Gasteiger partial charge in [-0.25, -0.2) is 0 Å². The third-order valence-corrected chi connectivity index (χ3v) is 6.95. The minimum Gasteiger partial charge on any atom is -0.357 e. The molecule has 0 radical (unpaired) electrons. The van der Waals surface area contributed by atoms with Gasteiger partial charge in [-0.3, -0.25) is 14.5 Å². The van der Waals surface area contributed by atoms with Crippen LogP contribution in [0, 0.1) is 0 Å². The second kappa shape index (κ2) is 12.5. The lowest BCUT2D eigenvalue weighted by Gasteiger charge is -2.35. The molecule has 1 aromatic heterocycles. The van der Waals surface area contributed by atoms with E-state index in [-0.39, 0.29) is 30.9 Å². The summed E-state index contributed by atoms with van der Waals surface area (Å²) < 4.78 is 12.0. The molecule has 0 aliphatic carbocycles. The molecule has 4 aromatic rings. The Morgan fingerprint density at radius 1 is 0.975 bits per heavy atom. The van der Waals surface area contributed by atoms with E-state index in [1.54, 1.807) is 0 Å². The van der Waals surface area contributed by atoms with Crippen LogP contribution in [0.25, 0.3) is 0 Å². The smallest absolute Gasteiger partial charge is 0.246 e. The van der Waals surface area contributed by atoms with Crippen LogP contribution in [0.1, 0.15) is 60.9 Å². The molecular weight excluding hydrogens is 508 g/mol. The molecule has 5 rings (SSSR count). The van der Waals surface area contributed by atoms with Gasteiger partial charge < -0.3 is 14.6 Å². The molecule has 1 saturated heterocycles. The van der Waals surface area contributed by atoms with Crippen LogP contribution >= 0.6 is 0 Å². The number of amides is 1. The number of hydrogen-bond acceptors (Lipinski definition) is 8. The fourth-order valence-corrected chi connectivity index (χ4v) is 5.06. The number of carbonyl (C=O) groups is 1. The number of rotatable bonds is 11. The zero-order valence-corrected chi connectivity index (χ0v) is 22.9. The number of carbonyl (C=O) groups excluding carboxylic acids is 1. The van der Waals surface area contributed by atoms with Crippen LogP contribution in [-0.2, 0) is 38.0 Å². The van der Waals surface area contributed by atoms with Crippen LogP contribution in [0.2, 0.25) is 0 Å². The number of hydrogen-bond donors (Lipinski definition) is 1. The second-order valence-corrected chi connectivity index (χ2v) is 9.93. The summed E-state index contributed by atoms with van der Waals surface area (Å²) in [6.07, 6.45) is 0.396. The molecule has 3 atom stereocenters. The highest BCUT2D eigenvalue weighted by atomic mass is 17.0. The number of nitrogens with zero attached hydrogens (tertiary/aromatic N) is 3. The summed E-state index contributed by atoms with van der Waals surface area (Å²) >= 11 is 0. The van der Waals surface area contributed by atoms with Crippen molar-refractivity contribution >= 4 is 5.91 Å². The normalized spacial score (nSPS) is 21.1. The lowest BCUT2D eigenvalue weighted by atomic mass is 9.80.